The van der Waals surface area contributed by atoms with Crippen molar-refractivity contribution < 1.29 is 33.5 Å². The van der Waals surface area contributed by atoms with Crippen molar-refractivity contribution in [3.63, 3.8) is 0 Å². The standard InChI is InChI=1S/C23H24N2O8/c1-12-20(23(27)31-10-13-4-3-7-30-13)21(22-15(24-12)5-2-6-17(22)26)14-8-18-19(33-11-32-18)9-16(14)25(28)29/h8-9,13,20-21H,2-7,10-11H2,1H3/t13-,20?,21-/m1/s1. The van der Waals surface area contributed by atoms with Crippen molar-refractivity contribution in [3.05, 3.63) is 39.1 Å². The first-order valence-corrected chi connectivity index (χ1v) is 11.1. The van der Waals surface area contributed by atoms with E-state index in [0.29, 0.717) is 48.6 Å². The average molecular weight is 456 g/mol. The molecule has 1 aliphatic carbocycles. The van der Waals surface area contributed by atoms with Crippen LogP contribution < -0.4 is 9.47 Å². The van der Waals surface area contributed by atoms with Gasteiger partial charge in [0, 0.05) is 41.5 Å². The summed E-state index contributed by atoms with van der Waals surface area (Å²) in [4.78, 5) is 42.4. The van der Waals surface area contributed by atoms with E-state index in [1.165, 1.54) is 12.1 Å². The Balaban J connectivity index is 1.59. The lowest BCUT2D eigenvalue weighted by Gasteiger charge is -2.34. The largest absolute Gasteiger partial charge is 0.462 e. The highest BCUT2D eigenvalue weighted by atomic mass is 16.7. The number of nitro benzene ring substituents is 1. The summed E-state index contributed by atoms with van der Waals surface area (Å²) in [5.74, 6) is -1.99. The molecule has 174 valence electrons. The monoisotopic (exact) mass is 456 g/mol. The second-order valence-electron chi connectivity index (χ2n) is 8.63. The van der Waals surface area contributed by atoms with E-state index in [-0.39, 0.29) is 42.3 Å². The van der Waals surface area contributed by atoms with Gasteiger partial charge in [-0.1, -0.05) is 0 Å². The number of carbonyl (C=O) groups is 2. The molecular weight excluding hydrogens is 432 g/mol. The molecule has 1 unspecified atom stereocenters. The molecule has 5 rings (SSSR count). The van der Waals surface area contributed by atoms with Gasteiger partial charge >= 0.3 is 5.97 Å². The van der Waals surface area contributed by atoms with E-state index in [4.69, 9.17) is 18.9 Å². The predicted octanol–water partition coefficient (Wildman–Crippen LogP) is 3.23. The van der Waals surface area contributed by atoms with Crippen LogP contribution in [0.1, 0.15) is 50.5 Å². The van der Waals surface area contributed by atoms with E-state index in [9.17, 15) is 19.7 Å². The van der Waals surface area contributed by atoms with Gasteiger partial charge < -0.3 is 18.9 Å². The molecular formula is C23H24N2O8. The summed E-state index contributed by atoms with van der Waals surface area (Å²) in [5.41, 5.74) is 1.40. The maximum Gasteiger partial charge on any atom is 0.315 e. The fourth-order valence-corrected chi connectivity index (χ4v) is 5.04. The van der Waals surface area contributed by atoms with Crippen LogP contribution in [0.2, 0.25) is 0 Å². The number of nitro groups is 1. The number of hydrogen-bond donors (Lipinski definition) is 0. The van der Waals surface area contributed by atoms with Crippen molar-refractivity contribution in [2.75, 3.05) is 20.0 Å². The number of fused-ring (bicyclic) bond motifs is 1. The summed E-state index contributed by atoms with van der Waals surface area (Å²) in [6.45, 7) is 2.37. The number of carbonyl (C=O) groups excluding carboxylic acids is 2. The molecule has 1 aromatic rings. The molecule has 0 bridgehead atoms. The van der Waals surface area contributed by atoms with Crippen molar-refractivity contribution in [2.24, 2.45) is 10.9 Å². The van der Waals surface area contributed by atoms with Crippen LogP contribution in [-0.2, 0) is 19.1 Å². The first-order chi connectivity index (χ1) is 15.9. The fourth-order valence-electron chi connectivity index (χ4n) is 5.04. The molecule has 1 aromatic carbocycles. The van der Waals surface area contributed by atoms with Crippen LogP contribution in [0.3, 0.4) is 0 Å². The molecule has 0 aromatic heterocycles. The molecule has 10 heteroatoms. The van der Waals surface area contributed by atoms with Crippen LogP contribution in [-0.4, -0.2) is 48.5 Å². The SMILES string of the molecule is CC1=NC2=C(C(=O)CCC2)[C@H](c2cc3c(cc2[N+](=O)[O-])OCO3)C1C(=O)OC[C@H]1CCCO1. The van der Waals surface area contributed by atoms with E-state index in [1.54, 1.807) is 6.92 Å². The van der Waals surface area contributed by atoms with Gasteiger partial charge in [0.15, 0.2) is 17.3 Å². The van der Waals surface area contributed by atoms with Gasteiger partial charge in [-0.15, -0.1) is 0 Å². The second-order valence-corrected chi connectivity index (χ2v) is 8.63. The Hall–Kier alpha value is -3.27. The fraction of sp³-hybridized carbons (Fsp3) is 0.522. The molecule has 3 atom stereocenters. The number of ketones is 1. The Morgan fingerprint density at radius 1 is 1.24 bits per heavy atom. The van der Waals surface area contributed by atoms with Gasteiger partial charge in [-0.2, -0.15) is 0 Å². The number of allylic oxidation sites excluding steroid dienone is 2. The highest BCUT2D eigenvalue weighted by Gasteiger charge is 2.46. The number of Topliss-reactive ketones (excluding diaryl/α,β-unsaturated/α-hetero) is 1. The zero-order chi connectivity index (χ0) is 23.1. The van der Waals surface area contributed by atoms with Crippen molar-refractivity contribution in [2.45, 2.75) is 51.0 Å². The molecule has 10 nitrogen and oxygen atoms in total. The summed E-state index contributed by atoms with van der Waals surface area (Å²) >= 11 is 0. The van der Waals surface area contributed by atoms with Crippen LogP contribution in [0.4, 0.5) is 5.69 Å². The molecule has 33 heavy (non-hydrogen) atoms. The summed E-state index contributed by atoms with van der Waals surface area (Å²) in [6, 6.07) is 2.80. The lowest BCUT2D eigenvalue weighted by Crippen LogP contribution is -2.38. The minimum Gasteiger partial charge on any atom is -0.462 e. The molecule has 0 saturated carbocycles. The minimum atomic E-state index is -0.966. The number of ether oxygens (including phenoxy) is 4. The molecule has 1 fully saturated rings. The van der Waals surface area contributed by atoms with Gasteiger partial charge in [0.05, 0.1) is 17.1 Å². The highest BCUT2D eigenvalue weighted by Crippen LogP contribution is 2.49. The first-order valence-electron chi connectivity index (χ1n) is 11.1. The van der Waals surface area contributed by atoms with Crippen molar-refractivity contribution in [1.82, 2.24) is 0 Å². The average Bonchev–Trinajstić information content (AvgIpc) is 3.47. The normalized spacial score (nSPS) is 26.2. The molecule has 0 spiro atoms. The second kappa shape index (κ2) is 8.58. The van der Waals surface area contributed by atoms with E-state index in [2.05, 4.69) is 4.99 Å². The summed E-state index contributed by atoms with van der Waals surface area (Å²) in [6.07, 6.45) is 3.07. The minimum absolute atomic E-state index is 0.0547. The van der Waals surface area contributed by atoms with Crippen LogP contribution >= 0.6 is 0 Å². The van der Waals surface area contributed by atoms with Gasteiger partial charge in [-0.05, 0) is 38.7 Å². The summed E-state index contributed by atoms with van der Waals surface area (Å²) < 4.78 is 21.9. The Morgan fingerprint density at radius 2 is 2.03 bits per heavy atom. The van der Waals surface area contributed by atoms with Gasteiger partial charge in [0.25, 0.3) is 5.69 Å². The van der Waals surface area contributed by atoms with Crippen LogP contribution in [0, 0.1) is 16.0 Å². The summed E-state index contributed by atoms with van der Waals surface area (Å²) in [7, 11) is 0. The number of esters is 1. The third kappa shape index (κ3) is 3.88. The lowest BCUT2D eigenvalue weighted by molar-refractivity contribution is -0.385. The van der Waals surface area contributed by atoms with Crippen LogP contribution in [0.5, 0.6) is 11.5 Å². The van der Waals surface area contributed by atoms with Gasteiger partial charge in [0.2, 0.25) is 6.79 Å². The molecule has 0 N–H and O–H groups in total. The van der Waals surface area contributed by atoms with Gasteiger partial charge in [0.1, 0.15) is 12.5 Å². The van der Waals surface area contributed by atoms with Crippen LogP contribution in [0.15, 0.2) is 28.4 Å². The van der Waals surface area contributed by atoms with Crippen LogP contribution in [0.25, 0.3) is 0 Å². The number of hydrogen-bond acceptors (Lipinski definition) is 9. The summed E-state index contributed by atoms with van der Waals surface area (Å²) in [5, 5.41) is 12.0. The maximum absolute atomic E-state index is 13.3. The Bertz CT molecular complexity index is 1090. The lowest BCUT2D eigenvalue weighted by atomic mass is 9.71. The number of benzene rings is 1. The Labute approximate surface area is 189 Å². The quantitative estimate of drug-likeness (QED) is 0.375. The molecule has 4 aliphatic rings. The van der Waals surface area contributed by atoms with Crippen molar-refractivity contribution in [3.8, 4) is 11.5 Å². The topological polar surface area (TPSA) is 127 Å². The number of nitrogens with zero attached hydrogens (tertiary/aromatic N) is 2. The van der Waals surface area contributed by atoms with E-state index < -0.39 is 22.7 Å². The predicted molar refractivity (Wildman–Crippen MR) is 114 cm³/mol. The zero-order valence-corrected chi connectivity index (χ0v) is 18.2. The van der Waals surface area contributed by atoms with E-state index >= 15 is 0 Å². The zero-order valence-electron chi connectivity index (χ0n) is 18.2. The number of aliphatic imine (C=N–C) groups is 1. The maximum atomic E-state index is 13.3. The third-order valence-electron chi connectivity index (χ3n) is 6.58. The molecule has 3 heterocycles. The van der Waals surface area contributed by atoms with Gasteiger partial charge in [-0.25, -0.2) is 0 Å². The Kier molecular flexibility index (Phi) is 5.61. The van der Waals surface area contributed by atoms with Crippen molar-refractivity contribution in [1.29, 1.82) is 0 Å². The molecule has 1 saturated heterocycles. The highest BCUT2D eigenvalue weighted by molar-refractivity contribution is 6.09. The third-order valence-corrected chi connectivity index (χ3v) is 6.58. The van der Waals surface area contributed by atoms with E-state index in [0.717, 1.165) is 12.8 Å². The van der Waals surface area contributed by atoms with Crippen molar-refractivity contribution >= 4 is 23.2 Å². The number of rotatable bonds is 5. The Morgan fingerprint density at radius 3 is 2.76 bits per heavy atom. The molecule has 3 aliphatic heterocycles. The first kappa shape index (κ1) is 21.6. The van der Waals surface area contributed by atoms with E-state index in [1.807, 2.05) is 0 Å². The smallest absolute Gasteiger partial charge is 0.315 e. The van der Waals surface area contributed by atoms with Gasteiger partial charge in [-0.3, -0.25) is 24.7 Å². The molecule has 0 amide bonds. The molecule has 0 radical (unpaired) electrons.